The average molecular weight is 840 g/mol. The average Bonchev–Trinajstić information content (AvgIpc) is 3.83. The maximum absolute atomic E-state index is 16.3. The summed E-state index contributed by atoms with van der Waals surface area (Å²) in [5.74, 6) is -8.77. The Morgan fingerprint density at radius 3 is 2.23 bits per heavy atom. The molecule has 5 aliphatic rings. The first-order chi connectivity index (χ1) is 28.1. The number of esters is 6. The normalized spacial score (nSPS) is 38.9. The van der Waals surface area contributed by atoms with Gasteiger partial charge in [0.2, 0.25) is 6.10 Å². The molecule has 0 amide bonds. The van der Waals surface area contributed by atoms with E-state index in [1.165, 1.54) is 57.0 Å². The number of ketones is 1. The Morgan fingerprint density at radius 1 is 1.00 bits per heavy atom. The van der Waals surface area contributed by atoms with Crippen LogP contribution in [-0.4, -0.2) is 113 Å². The van der Waals surface area contributed by atoms with Crippen LogP contribution in [0.25, 0.3) is 0 Å². The van der Waals surface area contributed by atoms with Gasteiger partial charge in [-0.05, 0) is 44.4 Å². The number of hydrogen-bond acceptors (Lipinski definition) is 18. The largest absolute Gasteiger partial charge is 0.472 e. The summed E-state index contributed by atoms with van der Waals surface area (Å²) in [4.78, 5) is 103. The van der Waals surface area contributed by atoms with Crippen molar-refractivity contribution >= 4 is 41.6 Å². The third kappa shape index (κ3) is 5.62. The molecule has 3 saturated heterocycles. The van der Waals surface area contributed by atoms with Crippen LogP contribution in [0.4, 0.5) is 0 Å². The number of hydrogen-bond donors (Lipinski definition) is 1. The minimum absolute atomic E-state index is 0.0419. The van der Waals surface area contributed by atoms with Gasteiger partial charge in [-0.1, -0.05) is 27.7 Å². The first-order valence-corrected chi connectivity index (χ1v) is 19.7. The number of epoxide rings is 1. The van der Waals surface area contributed by atoms with Crippen LogP contribution in [0.3, 0.4) is 0 Å². The molecule has 7 rings (SSSR count). The van der Waals surface area contributed by atoms with Gasteiger partial charge in [0.25, 0.3) is 0 Å². The van der Waals surface area contributed by atoms with E-state index in [1.807, 2.05) is 0 Å². The number of furan rings is 1. The molecule has 5 fully saturated rings. The lowest BCUT2D eigenvalue weighted by Crippen LogP contribution is -2.76. The molecule has 2 aromatic rings. The number of aliphatic hydroxyl groups is 1. The van der Waals surface area contributed by atoms with E-state index in [1.54, 1.807) is 27.7 Å². The summed E-state index contributed by atoms with van der Waals surface area (Å²) in [6.07, 6.45) is -5.90. The molecular formula is C42H49NO17. The maximum atomic E-state index is 16.3. The van der Waals surface area contributed by atoms with Gasteiger partial charge in [-0.15, -0.1) is 0 Å². The SMILES string of the molecule is CCC(C)C(=O)OC1C(OC(=O)c2cccnc2)C2OC34C(OC(C)=O)C(=O)OC(c5ccoc5)C3(C)C(OC(C)=O)C(O)(C(=O)C2(C)C(CC(=O)OC)C1(C)C)C41CO1. The summed E-state index contributed by atoms with van der Waals surface area (Å²) < 4.78 is 54.5. The van der Waals surface area contributed by atoms with Gasteiger partial charge in [0.05, 0.1) is 55.0 Å². The molecule has 2 spiro atoms. The minimum Gasteiger partial charge on any atom is -0.472 e. The molecule has 1 N–H and O–H groups in total. The van der Waals surface area contributed by atoms with E-state index in [2.05, 4.69) is 4.98 Å². The highest BCUT2D eigenvalue weighted by atomic mass is 16.7. The maximum Gasteiger partial charge on any atom is 0.351 e. The second-order valence-electron chi connectivity index (χ2n) is 17.3. The lowest BCUT2D eigenvalue weighted by molar-refractivity contribution is -0.329. The molecule has 324 valence electrons. The van der Waals surface area contributed by atoms with Gasteiger partial charge >= 0.3 is 35.8 Å². The first-order valence-electron chi connectivity index (χ1n) is 19.7. The van der Waals surface area contributed by atoms with E-state index in [-0.39, 0.29) is 11.1 Å². The number of rotatable bonds is 10. The van der Waals surface area contributed by atoms with Crippen LogP contribution >= 0.6 is 0 Å². The van der Waals surface area contributed by atoms with Crippen LogP contribution in [0.2, 0.25) is 0 Å². The second kappa shape index (κ2) is 14.5. The van der Waals surface area contributed by atoms with E-state index < -0.39 is 136 Å². The van der Waals surface area contributed by atoms with Crippen molar-refractivity contribution in [2.75, 3.05) is 13.7 Å². The van der Waals surface area contributed by atoms with E-state index in [0.717, 1.165) is 21.0 Å². The number of aromatic nitrogens is 1. The summed E-state index contributed by atoms with van der Waals surface area (Å²) in [6.45, 7) is 11.0. The number of fused-ring (bicyclic) bond motifs is 1. The fourth-order valence-corrected chi connectivity index (χ4v) is 10.8. The molecule has 18 nitrogen and oxygen atoms in total. The quantitative estimate of drug-likeness (QED) is 0.205. The molecule has 3 aliphatic heterocycles. The molecule has 13 unspecified atom stereocenters. The molecule has 0 aromatic carbocycles. The summed E-state index contributed by atoms with van der Waals surface area (Å²) in [5.41, 5.74) is -13.6. The van der Waals surface area contributed by atoms with Crippen LogP contribution in [-0.2, 0) is 66.7 Å². The predicted octanol–water partition coefficient (Wildman–Crippen LogP) is 2.77. The van der Waals surface area contributed by atoms with Crippen molar-refractivity contribution in [2.24, 2.45) is 28.1 Å². The summed E-state index contributed by atoms with van der Waals surface area (Å²) in [7, 11) is 1.14. The van der Waals surface area contributed by atoms with E-state index in [4.69, 9.17) is 42.3 Å². The highest BCUT2D eigenvalue weighted by Gasteiger charge is 2.99. The third-order valence-electron chi connectivity index (χ3n) is 13.8. The summed E-state index contributed by atoms with van der Waals surface area (Å²) in [6, 6.07) is 4.35. The van der Waals surface area contributed by atoms with Crippen molar-refractivity contribution in [1.82, 2.24) is 4.98 Å². The van der Waals surface area contributed by atoms with E-state index >= 15 is 4.79 Å². The summed E-state index contributed by atoms with van der Waals surface area (Å²) in [5, 5.41) is 13.7. The Kier molecular flexibility index (Phi) is 10.4. The molecule has 18 heteroatoms. The molecule has 60 heavy (non-hydrogen) atoms. The number of cyclic esters (lactones) is 1. The lowest BCUT2D eigenvalue weighted by Gasteiger charge is -2.62. The Bertz CT molecular complexity index is 2100. The monoisotopic (exact) mass is 839 g/mol. The van der Waals surface area contributed by atoms with Crippen LogP contribution in [0, 0.1) is 28.1 Å². The van der Waals surface area contributed by atoms with Crippen LogP contribution in [0.5, 0.6) is 0 Å². The van der Waals surface area contributed by atoms with Crippen molar-refractivity contribution < 1.29 is 81.0 Å². The third-order valence-corrected chi connectivity index (χ3v) is 13.8. The molecule has 0 radical (unpaired) electrons. The van der Waals surface area contributed by atoms with Crippen molar-refractivity contribution in [2.45, 2.75) is 122 Å². The van der Waals surface area contributed by atoms with Crippen molar-refractivity contribution in [3.63, 3.8) is 0 Å². The second-order valence-corrected chi connectivity index (χ2v) is 17.3. The molecule has 2 aliphatic carbocycles. The van der Waals surface area contributed by atoms with E-state index in [9.17, 15) is 33.9 Å². The number of nitrogens with zero attached hydrogens (tertiary/aromatic N) is 1. The zero-order valence-electron chi connectivity index (χ0n) is 34.7. The molecule has 2 bridgehead atoms. The fourth-order valence-electron chi connectivity index (χ4n) is 10.8. The van der Waals surface area contributed by atoms with Gasteiger partial charge in [0.1, 0.15) is 18.3 Å². The zero-order valence-corrected chi connectivity index (χ0v) is 34.7. The smallest absolute Gasteiger partial charge is 0.351 e. The van der Waals surface area contributed by atoms with Crippen molar-refractivity contribution in [3.8, 4) is 0 Å². The summed E-state index contributed by atoms with van der Waals surface area (Å²) >= 11 is 0. The Balaban J connectivity index is 1.59. The Morgan fingerprint density at radius 2 is 1.68 bits per heavy atom. The van der Waals surface area contributed by atoms with Gasteiger partial charge in [-0.25, -0.2) is 9.59 Å². The standard InChI is InChI=1S/C42H49NO17/c1-10-20(2)32(47)59-29-27(57-33(48)23-12-11-14-43-17-23)30-38(7,25(37(29,5)6)16-26(46)52-9)35(50)41(51)36(56-22(4)45)39(8)28(24-13-15-53-18-24)58-34(49)31(55-21(3)44)42(39,60-30)40(41)19-54-40/h11-15,17-18,20,25,27-31,36,51H,10,16,19H2,1-9H3. The van der Waals surface area contributed by atoms with Gasteiger partial charge in [0, 0.05) is 37.2 Å². The molecule has 2 aromatic heterocycles. The molecular weight excluding hydrogens is 790 g/mol. The van der Waals surface area contributed by atoms with Crippen molar-refractivity contribution in [1.29, 1.82) is 0 Å². The minimum atomic E-state index is -2.99. The van der Waals surface area contributed by atoms with Crippen LogP contribution in [0.1, 0.15) is 90.3 Å². The van der Waals surface area contributed by atoms with Gasteiger partial charge in [-0.3, -0.25) is 29.0 Å². The molecule has 2 saturated carbocycles. The number of methoxy groups -OCH3 is 1. The zero-order chi connectivity index (χ0) is 44.0. The first kappa shape index (κ1) is 42.9. The van der Waals surface area contributed by atoms with Crippen molar-refractivity contribution in [3.05, 3.63) is 54.2 Å². The number of ether oxygens (including phenoxy) is 8. The fraction of sp³-hybridized carbons (Fsp3) is 0.619. The number of pyridine rings is 1. The van der Waals surface area contributed by atoms with Crippen LogP contribution in [0.15, 0.2) is 47.5 Å². The highest BCUT2D eigenvalue weighted by molar-refractivity contribution is 6.00. The topological polar surface area (TPSA) is 243 Å². The number of Topliss-reactive ketones (excluding diaryl/α,β-unsaturated/α-hetero) is 1. The van der Waals surface area contributed by atoms with Gasteiger partial charge < -0.3 is 47.4 Å². The number of carbonyl (C=O) groups is 7. The predicted molar refractivity (Wildman–Crippen MR) is 198 cm³/mol. The van der Waals surface area contributed by atoms with Crippen LogP contribution < -0.4 is 0 Å². The van der Waals surface area contributed by atoms with E-state index in [0.29, 0.717) is 6.42 Å². The number of carbonyl (C=O) groups excluding carboxylic acids is 7. The Labute approximate surface area is 344 Å². The Hall–Kier alpha value is -5.20. The highest BCUT2D eigenvalue weighted by Crippen LogP contribution is 2.77. The molecule has 5 heterocycles. The molecule has 13 atom stereocenters. The van der Waals surface area contributed by atoms with Gasteiger partial charge in [-0.2, -0.15) is 0 Å². The lowest BCUT2D eigenvalue weighted by atomic mass is 9.48. The van der Waals surface area contributed by atoms with Gasteiger partial charge in [0.15, 0.2) is 34.8 Å².